The van der Waals surface area contributed by atoms with E-state index in [2.05, 4.69) is 18.2 Å². The average Bonchev–Trinajstić information content (AvgIpc) is 2.45. The molecule has 0 aliphatic rings. The van der Waals surface area contributed by atoms with E-state index in [4.69, 9.17) is 9.47 Å². The summed E-state index contributed by atoms with van der Waals surface area (Å²) in [5, 5.41) is 0. The molecule has 0 saturated carbocycles. The lowest BCUT2D eigenvalue weighted by atomic mass is 10.1. The Morgan fingerprint density at radius 2 is 1.67 bits per heavy atom. The quantitative estimate of drug-likeness (QED) is 0.758. The van der Waals surface area contributed by atoms with E-state index in [-0.39, 0.29) is 0 Å². The molecule has 0 heterocycles. The van der Waals surface area contributed by atoms with Gasteiger partial charge in [0.05, 0.1) is 14.2 Å². The van der Waals surface area contributed by atoms with Gasteiger partial charge in [0.15, 0.2) is 11.5 Å². The largest absolute Gasteiger partial charge is 0.493 e. The Balaban J connectivity index is 2.22. The van der Waals surface area contributed by atoms with Crippen LogP contribution < -0.4 is 9.47 Å². The van der Waals surface area contributed by atoms with Crippen LogP contribution >= 0.6 is 0 Å². The van der Waals surface area contributed by atoms with E-state index < -0.39 is 0 Å². The summed E-state index contributed by atoms with van der Waals surface area (Å²) in [7, 11) is 3.24. The maximum atomic E-state index is 5.25. The maximum Gasteiger partial charge on any atom is 0.161 e. The lowest BCUT2D eigenvalue weighted by Gasteiger charge is -2.07. The zero-order valence-electron chi connectivity index (χ0n) is 10.5. The molecule has 0 amide bonds. The molecule has 2 aromatic rings. The van der Waals surface area contributed by atoms with Gasteiger partial charge in [-0.15, -0.1) is 0 Å². The van der Waals surface area contributed by atoms with Gasteiger partial charge < -0.3 is 9.47 Å². The Labute approximate surface area is 107 Å². The van der Waals surface area contributed by atoms with Crippen LogP contribution in [0.25, 0.3) is 12.2 Å². The average molecular weight is 239 g/mol. The number of ether oxygens (including phenoxy) is 2. The normalized spacial score (nSPS) is 10.6. The lowest BCUT2D eigenvalue weighted by molar-refractivity contribution is 0.355. The number of hydrogen-bond acceptors (Lipinski definition) is 2. The second-order valence-corrected chi connectivity index (χ2v) is 3.77. The molecule has 0 bridgehead atoms. The molecular formula is C16H15O2. The Hall–Kier alpha value is -2.22. The smallest absolute Gasteiger partial charge is 0.161 e. The standard InChI is InChI=1S/C16H15O2/c1-17-15-11-10-14(12-16(15)18-2)9-8-13-6-4-3-5-7-13/h3-9,11-12H,1-2H3. The molecule has 18 heavy (non-hydrogen) atoms. The molecular weight excluding hydrogens is 224 g/mol. The molecule has 2 nitrogen and oxygen atoms in total. The van der Waals surface area contributed by atoms with E-state index in [9.17, 15) is 0 Å². The molecule has 91 valence electrons. The van der Waals surface area contributed by atoms with Crippen LogP contribution in [0.3, 0.4) is 0 Å². The topological polar surface area (TPSA) is 18.5 Å². The van der Waals surface area contributed by atoms with E-state index in [0.29, 0.717) is 11.5 Å². The van der Waals surface area contributed by atoms with Gasteiger partial charge >= 0.3 is 0 Å². The Morgan fingerprint density at radius 1 is 0.944 bits per heavy atom. The van der Waals surface area contributed by atoms with Gasteiger partial charge in [0.1, 0.15) is 0 Å². The van der Waals surface area contributed by atoms with Crippen molar-refractivity contribution in [3.63, 3.8) is 0 Å². The first-order valence-electron chi connectivity index (χ1n) is 5.70. The molecule has 2 heteroatoms. The second-order valence-electron chi connectivity index (χ2n) is 3.77. The summed E-state index contributed by atoms with van der Waals surface area (Å²) >= 11 is 0. The van der Waals surface area contributed by atoms with Crippen LogP contribution in [0.5, 0.6) is 11.5 Å². The molecule has 0 aliphatic carbocycles. The minimum atomic E-state index is 0.689. The van der Waals surface area contributed by atoms with Crippen LogP contribution in [-0.2, 0) is 0 Å². The maximum absolute atomic E-state index is 5.25. The van der Waals surface area contributed by atoms with Crippen LogP contribution in [-0.4, -0.2) is 14.2 Å². The third kappa shape index (κ3) is 2.92. The Morgan fingerprint density at radius 3 is 2.33 bits per heavy atom. The minimum absolute atomic E-state index is 0.689. The molecule has 0 aliphatic heterocycles. The molecule has 2 rings (SSSR count). The number of rotatable bonds is 4. The van der Waals surface area contributed by atoms with Gasteiger partial charge in [0.25, 0.3) is 0 Å². The second kappa shape index (κ2) is 5.92. The first-order valence-corrected chi connectivity index (χ1v) is 5.70. The van der Waals surface area contributed by atoms with Gasteiger partial charge in [0.2, 0.25) is 0 Å². The zero-order valence-corrected chi connectivity index (χ0v) is 10.5. The van der Waals surface area contributed by atoms with E-state index >= 15 is 0 Å². The molecule has 0 atom stereocenters. The number of benzene rings is 2. The predicted octanol–water partition coefficient (Wildman–Crippen LogP) is 3.67. The van der Waals surface area contributed by atoms with Crippen LogP contribution in [0.1, 0.15) is 11.1 Å². The summed E-state index contributed by atoms with van der Waals surface area (Å²) in [4.78, 5) is 0. The fourth-order valence-electron chi connectivity index (χ4n) is 1.64. The summed E-state index contributed by atoms with van der Waals surface area (Å²) < 4.78 is 10.4. The van der Waals surface area contributed by atoms with Crippen LogP contribution in [0.15, 0.2) is 42.5 Å². The van der Waals surface area contributed by atoms with Gasteiger partial charge in [-0.25, -0.2) is 0 Å². The molecule has 0 spiro atoms. The Kier molecular flexibility index (Phi) is 4.02. The highest BCUT2D eigenvalue weighted by Gasteiger charge is 2.02. The van der Waals surface area contributed by atoms with Gasteiger partial charge in [-0.2, -0.15) is 0 Å². The van der Waals surface area contributed by atoms with Gasteiger partial charge in [-0.3, -0.25) is 0 Å². The van der Waals surface area contributed by atoms with Crippen molar-refractivity contribution in [1.82, 2.24) is 0 Å². The monoisotopic (exact) mass is 239 g/mol. The number of methoxy groups -OCH3 is 2. The third-order valence-electron chi connectivity index (χ3n) is 2.59. The summed E-state index contributed by atoms with van der Waals surface area (Å²) in [6.07, 6.45) is 4.04. The van der Waals surface area contributed by atoms with Crippen molar-refractivity contribution in [2.45, 2.75) is 0 Å². The first-order chi connectivity index (χ1) is 8.83. The third-order valence-corrected chi connectivity index (χ3v) is 2.59. The summed E-state index contributed by atoms with van der Waals surface area (Å²) in [6.45, 7) is 0. The van der Waals surface area contributed by atoms with Crippen molar-refractivity contribution in [2.24, 2.45) is 0 Å². The van der Waals surface area contributed by atoms with Crippen molar-refractivity contribution < 1.29 is 9.47 Å². The number of hydrogen-bond donors (Lipinski definition) is 0. The Bertz CT molecular complexity index is 530. The highest BCUT2D eigenvalue weighted by atomic mass is 16.5. The highest BCUT2D eigenvalue weighted by Crippen LogP contribution is 2.27. The highest BCUT2D eigenvalue weighted by molar-refractivity contribution is 5.70. The molecule has 2 aromatic carbocycles. The summed E-state index contributed by atoms with van der Waals surface area (Å²) in [5.74, 6) is 1.40. The molecule has 0 saturated heterocycles. The molecule has 0 fully saturated rings. The summed E-state index contributed by atoms with van der Waals surface area (Å²) in [6, 6.07) is 17.0. The SMILES string of the molecule is COc1c[c]c(C=Cc2ccccc2)cc1OC. The fraction of sp³-hybridized carbons (Fsp3) is 0.125. The van der Waals surface area contributed by atoms with Crippen molar-refractivity contribution in [2.75, 3.05) is 14.2 Å². The van der Waals surface area contributed by atoms with Crippen LogP contribution in [0, 0.1) is 6.07 Å². The van der Waals surface area contributed by atoms with Crippen molar-refractivity contribution in [1.29, 1.82) is 0 Å². The zero-order chi connectivity index (χ0) is 12.8. The lowest BCUT2D eigenvalue weighted by Crippen LogP contribution is -1.90. The predicted molar refractivity (Wildman–Crippen MR) is 73.8 cm³/mol. The van der Waals surface area contributed by atoms with Gasteiger partial charge in [-0.05, 0) is 29.3 Å². The van der Waals surface area contributed by atoms with Crippen LogP contribution in [0.4, 0.5) is 0 Å². The van der Waals surface area contributed by atoms with Gasteiger partial charge in [-0.1, -0.05) is 42.5 Å². The van der Waals surface area contributed by atoms with E-state index in [0.717, 1.165) is 11.1 Å². The van der Waals surface area contributed by atoms with Gasteiger partial charge in [0, 0.05) is 0 Å². The molecule has 0 N–H and O–H groups in total. The van der Waals surface area contributed by atoms with E-state index in [1.807, 2.05) is 36.4 Å². The first kappa shape index (κ1) is 12.2. The van der Waals surface area contributed by atoms with Crippen molar-refractivity contribution >= 4 is 12.2 Å². The van der Waals surface area contributed by atoms with Crippen molar-refractivity contribution in [3.8, 4) is 11.5 Å². The van der Waals surface area contributed by atoms with Crippen LogP contribution in [0.2, 0.25) is 0 Å². The van der Waals surface area contributed by atoms with E-state index in [1.165, 1.54) is 0 Å². The molecule has 0 aromatic heterocycles. The minimum Gasteiger partial charge on any atom is -0.493 e. The van der Waals surface area contributed by atoms with E-state index in [1.54, 1.807) is 20.3 Å². The molecule has 0 unspecified atom stereocenters. The molecule has 1 radical (unpaired) electrons. The summed E-state index contributed by atoms with van der Waals surface area (Å²) in [5.41, 5.74) is 2.11. The van der Waals surface area contributed by atoms with Crippen molar-refractivity contribution in [3.05, 3.63) is 59.7 Å². The fourth-order valence-corrected chi connectivity index (χ4v) is 1.64.